The van der Waals surface area contributed by atoms with E-state index in [1.54, 1.807) is 55.6 Å². The Balaban J connectivity index is 1.51. The fourth-order valence-corrected chi connectivity index (χ4v) is 4.35. The molecule has 1 aliphatic rings. The van der Waals surface area contributed by atoms with Crippen molar-refractivity contribution in [1.29, 1.82) is 0 Å². The Morgan fingerprint density at radius 3 is 2.42 bits per heavy atom. The SMILES string of the molecule is COc1ccc(NS(=O)(=O)c2ccc(/C(C)=N/NC(=S)NCCN3CCOCC3)cc2)cc1. The highest BCUT2D eigenvalue weighted by Crippen LogP contribution is 2.19. The Hall–Kier alpha value is -2.73. The number of nitrogens with one attached hydrogen (secondary N) is 3. The number of thiocarbonyl (C=S) groups is 1. The van der Waals surface area contributed by atoms with Gasteiger partial charge in [0.2, 0.25) is 0 Å². The smallest absolute Gasteiger partial charge is 0.261 e. The zero-order chi connectivity index (χ0) is 23.7. The van der Waals surface area contributed by atoms with Gasteiger partial charge in [0, 0.05) is 31.9 Å². The van der Waals surface area contributed by atoms with E-state index in [0.717, 1.165) is 38.4 Å². The van der Waals surface area contributed by atoms with Crippen LogP contribution in [0.25, 0.3) is 0 Å². The Bertz CT molecular complexity index is 1050. The summed E-state index contributed by atoms with van der Waals surface area (Å²) in [6, 6.07) is 13.2. The van der Waals surface area contributed by atoms with Crippen LogP contribution in [-0.2, 0) is 14.8 Å². The second kappa shape index (κ2) is 11.9. The van der Waals surface area contributed by atoms with Gasteiger partial charge in [-0.2, -0.15) is 5.10 Å². The minimum absolute atomic E-state index is 0.156. The van der Waals surface area contributed by atoms with Crippen LogP contribution < -0.4 is 20.2 Å². The lowest BCUT2D eigenvalue weighted by Gasteiger charge is -2.26. The number of anilines is 1. The Labute approximate surface area is 200 Å². The quantitative estimate of drug-likeness (QED) is 0.278. The highest BCUT2D eigenvalue weighted by molar-refractivity contribution is 7.92. The van der Waals surface area contributed by atoms with E-state index in [1.807, 2.05) is 6.92 Å². The fourth-order valence-electron chi connectivity index (χ4n) is 3.14. The number of nitrogens with zero attached hydrogens (tertiary/aromatic N) is 2. The number of ether oxygens (including phenoxy) is 2. The molecule has 178 valence electrons. The number of benzene rings is 2. The van der Waals surface area contributed by atoms with Crippen molar-refractivity contribution >= 4 is 38.8 Å². The second-order valence-corrected chi connectivity index (χ2v) is 9.47. The molecular formula is C22H29N5O4S2. The molecule has 11 heteroatoms. The third-order valence-electron chi connectivity index (χ3n) is 5.07. The summed E-state index contributed by atoms with van der Waals surface area (Å²) in [5, 5.41) is 7.86. The predicted octanol–water partition coefficient (Wildman–Crippen LogP) is 2.02. The molecule has 1 fully saturated rings. The van der Waals surface area contributed by atoms with E-state index in [1.165, 1.54) is 0 Å². The summed E-state index contributed by atoms with van der Waals surface area (Å²) in [7, 11) is -2.16. The molecule has 1 aliphatic heterocycles. The molecule has 0 spiro atoms. The summed E-state index contributed by atoms with van der Waals surface area (Å²) in [6.07, 6.45) is 0. The highest BCUT2D eigenvalue weighted by atomic mass is 32.2. The molecule has 0 radical (unpaired) electrons. The largest absolute Gasteiger partial charge is 0.497 e. The van der Waals surface area contributed by atoms with Gasteiger partial charge >= 0.3 is 0 Å². The van der Waals surface area contributed by atoms with Gasteiger partial charge in [0.05, 0.1) is 30.9 Å². The number of hydrogen-bond donors (Lipinski definition) is 3. The van der Waals surface area contributed by atoms with Crippen LogP contribution in [0.2, 0.25) is 0 Å². The van der Waals surface area contributed by atoms with Gasteiger partial charge in [0.1, 0.15) is 5.75 Å². The van der Waals surface area contributed by atoms with Gasteiger partial charge in [-0.1, -0.05) is 12.1 Å². The predicted molar refractivity (Wildman–Crippen MR) is 133 cm³/mol. The van der Waals surface area contributed by atoms with E-state index >= 15 is 0 Å². The number of morpholine rings is 1. The third kappa shape index (κ3) is 7.67. The fraction of sp³-hybridized carbons (Fsp3) is 0.364. The summed E-state index contributed by atoms with van der Waals surface area (Å²) in [5.74, 6) is 0.650. The molecular weight excluding hydrogens is 462 g/mol. The first-order valence-corrected chi connectivity index (χ1v) is 12.4. The van der Waals surface area contributed by atoms with Crippen molar-refractivity contribution < 1.29 is 17.9 Å². The topological polar surface area (TPSA) is 104 Å². The van der Waals surface area contributed by atoms with Crippen LogP contribution in [0.1, 0.15) is 12.5 Å². The summed E-state index contributed by atoms with van der Waals surface area (Å²) >= 11 is 5.27. The molecule has 0 bridgehead atoms. The Morgan fingerprint density at radius 2 is 1.79 bits per heavy atom. The van der Waals surface area contributed by atoms with Gasteiger partial charge in [0.15, 0.2) is 5.11 Å². The molecule has 0 atom stereocenters. The molecule has 0 aliphatic carbocycles. The zero-order valence-electron chi connectivity index (χ0n) is 18.7. The van der Waals surface area contributed by atoms with Gasteiger partial charge < -0.3 is 14.8 Å². The van der Waals surface area contributed by atoms with Gasteiger partial charge in [-0.3, -0.25) is 15.0 Å². The molecule has 33 heavy (non-hydrogen) atoms. The Kier molecular flexibility index (Phi) is 9.01. The number of methoxy groups -OCH3 is 1. The molecule has 2 aromatic rings. The third-order valence-corrected chi connectivity index (χ3v) is 6.70. The summed E-state index contributed by atoms with van der Waals surface area (Å²) in [4.78, 5) is 2.47. The first kappa shape index (κ1) is 24.9. The molecule has 1 heterocycles. The van der Waals surface area contributed by atoms with E-state index in [0.29, 0.717) is 28.8 Å². The van der Waals surface area contributed by atoms with Crippen LogP contribution in [0.15, 0.2) is 58.5 Å². The van der Waals surface area contributed by atoms with E-state index in [4.69, 9.17) is 21.7 Å². The lowest BCUT2D eigenvalue weighted by molar-refractivity contribution is 0.0389. The van der Waals surface area contributed by atoms with E-state index in [2.05, 4.69) is 25.5 Å². The number of rotatable bonds is 9. The zero-order valence-corrected chi connectivity index (χ0v) is 20.3. The van der Waals surface area contributed by atoms with Gasteiger partial charge in [-0.25, -0.2) is 8.42 Å². The van der Waals surface area contributed by atoms with Gasteiger partial charge in [0.25, 0.3) is 10.0 Å². The highest BCUT2D eigenvalue weighted by Gasteiger charge is 2.14. The number of sulfonamides is 1. The van der Waals surface area contributed by atoms with Crippen molar-refractivity contribution in [1.82, 2.24) is 15.6 Å². The molecule has 0 amide bonds. The van der Waals surface area contributed by atoms with Crippen molar-refractivity contribution in [2.75, 3.05) is 51.2 Å². The minimum Gasteiger partial charge on any atom is -0.497 e. The first-order valence-electron chi connectivity index (χ1n) is 10.5. The molecule has 3 rings (SSSR count). The average Bonchev–Trinajstić information content (AvgIpc) is 2.83. The van der Waals surface area contributed by atoms with Crippen molar-refractivity contribution in [3.05, 3.63) is 54.1 Å². The van der Waals surface area contributed by atoms with E-state index in [9.17, 15) is 8.42 Å². The normalized spacial score (nSPS) is 15.0. The minimum atomic E-state index is -3.71. The van der Waals surface area contributed by atoms with E-state index in [-0.39, 0.29) is 4.90 Å². The lowest BCUT2D eigenvalue weighted by atomic mass is 10.1. The van der Waals surface area contributed by atoms with Crippen molar-refractivity contribution in [3.63, 3.8) is 0 Å². The molecule has 9 nitrogen and oxygen atoms in total. The lowest BCUT2D eigenvalue weighted by Crippen LogP contribution is -2.42. The maximum Gasteiger partial charge on any atom is 0.261 e. The average molecular weight is 492 g/mol. The monoisotopic (exact) mass is 491 g/mol. The van der Waals surface area contributed by atoms with E-state index < -0.39 is 10.0 Å². The van der Waals surface area contributed by atoms with Crippen LogP contribution in [0, 0.1) is 0 Å². The standard InChI is InChI=1S/C22H29N5O4S2/c1-17(24-25-22(32)23-11-12-27-13-15-31-16-14-27)18-3-9-21(10-4-18)33(28,29)26-19-5-7-20(30-2)8-6-19/h3-10,26H,11-16H2,1-2H3,(H2,23,25,32)/b24-17+. The second-order valence-electron chi connectivity index (χ2n) is 7.38. The van der Waals surface area contributed by atoms with Crippen molar-refractivity contribution in [2.45, 2.75) is 11.8 Å². The molecule has 0 aromatic heterocycles. The number of hydrogen-bond acceptors (Lipinski definition) is 7. The molecule has 0 unspecified atom stereocenters. The molecule has 3 N–H and O–H groups in total. The van der Waals surface area contributed by atoms with Crippen LogP contribution in [0.4, 0.5) is 5.69 Å². The van der Waals surface area contributed by atoms with Crippen LogP contribution in [-0.4, -0.2) is 70.6 Å². The van der Waals surface area contributed by atoms with Gasteiger partial charge in [-0.15, -0.1) is 0 Å². The first-order chi connectivity index (χ1) is 15.9. The number of hydrazone groups is 1. The maximum atomic E-state index is 12.6. The Morgan fingerprint density at radius 1 is 1.12 bits per heavy atom. The molecule has 0 saturated carbocycles. The van der Waals surface area contributed by atoms with Gasteiger partial charge in [-0.05, 0) is 61.1 Å². The summed E-state index contributed by atoms with van der Waals surface area (Å²) in [6.45, 7) is 6.82. The summed E-state index contributed by atoms with van der Waals surface area (Å²) < 4.78 is 38.3. The van der Waals surface area contributed by atoms with Crippen LogP contribution in [0.5, 0.6) is 5.75 Å². The summed E-state index contributed by atoms with van der Waals surface area (Å²) in [5.41, 5.74) is 4.74. The maximum absolute atomic E-state index is 12.6. The van der Waals surface area contributed by atoms with Crippen molar-refractivity contribution in [2.24, 2.45) is 5.10 Å². The van der Waals surface area contributed by atoms with Crippen LogP contribution >= 0.6 is 12.2 Å². The van der Waals surface area contributed by atoms with Crippen molar-refractivity contribution in [3.8, 4) is 5.75 Å². The molecule has 2 aromatic carbocycles. The van der Waals surface area contributed by atoms with Crippen LogP contribution in [0.3, 0.4) is 0 Å². The molecule has 1 saturated heterocycles.